The van der Waals surface area contributed by atoms with E-state index < -0.39 is 17.6 Å². The zero-order chi connectivity index (χ0) is 18.7. The first-order valence-corrected chi connectivity index (χ1v) is 8.28. The number of halogens is 3. The summed E-state index contributed by atoms with van der Waals surface area (Å²) in [6.45, 7) is 3.74. The number of nitrogens with zero attached hydrogens (tertiary/aromatic N) is 1. The Labute approximate surface area is 146 Å². The van der Waals surface area contributed by atoms with Gasteiger partial charge in [-0.1, -0.05) is 19.8 Å². The third kappa shape index (κ3) is 7.91. The van der Waals surface area contributed by atoms with E-state index in [1.807, 2.05) is 0 Å². The van der Waals surface area contributed by atoms with Crippen molar-refractivity contribution in [2.24, 2.45) is 4.99 Å². The van der Waals surface area contributed by atoms with Crippen molar-refractivity contribution in [3.05, 3.63) is 35.4 Å². The van der Waals surface area contributed by atoms with Gasteiger partial charge in [0.2, 0.25) is 0 Å². The molecule has 0 radical (unpaired) electrons. The Morgan fingerprint density at radius 2 is 1.60 bits per heavy atom. The van der Waals surface area contributed by atoms with Crippen LogP contribution in [0.5, 0.6) is 0 Å². The fourth-order valence-electron chi connectivity index (χ4n) is 2.07. The summed E-state index contributed by atoms with van der Waals surface area (Å²) in [5, 5.41) is 8.87. The Morgan fingerprint density at radius 1 is 1.00 bits per heavy atom. The average molecular weight is 358 g/mol. The summed E-state index contributed by atoms with van der Waals surface area (Å²) in [7, 11) is 1.66. The van der Waals surface area contributed by atoms with Gasteiger partial charge in [-0.05, 0) is 30.7 Å². The standard InChI is InChI=1S/C17H25F3N4O/c1-3-4-5-10-23-16(21-2)24-12-11-22-15(25)13-6-8-14(9-7-13)17(18,19)20/h6-9H,3-5,10-12H2,1-2H3,(H,22,25)(H2,21,23,24). The number of carbonyl (C=O) groups is 1. The van der Waals surface area contributed by atoms with Crippen molar-refractivity contribution in [2.75, 3.05) is 26.7 Å². The molecule has 3 N–H and O–H groups in total. The number of rotatable bonds is 8. The molecule has 0 bridgehead atoms. The van der Waals surface area contributed by atoms with Crippen LogP contribution in [0.25, 0.3) is 0 Å². The number of aliphatic imine (C=N–C) groups is 1. The second kappa shape index (κ2) is 10.6. The van der Waals surface area contributed by atoms with E-state index in [9.17, 15) is 18.0 Å². The zero-order valence-electron chi connectivity index (χ0n) is 14.5. The van der Waals surface area contributed by atoms with Crippen molar-refractivity contribution in [2.45, 2.75) is 32.4 Å². The lowest BCUT2D eigenvalue weighted by Gasteiger charge is -2.12. The van der Waals surface area contributed by atoms with E-state index in [1.165, 1.54) is 12.1 Å². The van der Waals surface area contributed by atoms with Gasteiger partial charge in [0.05, 0.1) is 5.56 Å². The van der Waals surface area contributed by atoms with Crippen molar-refractivity contribution in [3.63, 3.8) is 0 Å². The fraction of sp³-hybridized carbons (Fsp3) is 0.529. The topological polar surface area (TPSA) is 65.5 Å². The second-order valence-corrected chi connectivity index (χ2v) is 5.46. The highest BCUT2D eigenvalue weighted by Gasteiger charge is 2.30. The molecule has 0 saturated carbocycles. The van der Waals surface area contributed by atoms with Gasteiger partial charge >= 0.3 is 6.18 Å². The van der Waals surface area contributed by atoms with E-state index in [1.54, 1.807) is 7.05 Å². The molecule has 1 rings (SSSR count). The van der Waals surface area contributed by atoms with E-state index in [0.29, 0.717) is 19.0 Å². The highest BCUT2D eigenvalue weighted by atomic mass is 19.4. The normalized spacial score (nSPS) is 12.0. The molecule has 0 fully saturated rings. The summed E-state index contributed by atoms with van der Waals surface area (Å²) in [5.74, 6) is 0.237. The summed E-state index contributed by atoms with van der Waals surface area (Å²) in [4.78, 5) is 16.0. The van der Waals surface area contributed by atoms with Crippen LogP contribution in [0.4, 0.5) is 13.2 Å². The minimum Gasteiger partial charge on any atom is -0.356 e. The Balaban J connectivity index is 2.32. The average Bonchev–Trinajstić information content (AvgIpc) is 2.59. The molecule has 0 spiro atoms. The number of benzene rings is 1. The highest BCUT2D eigenvalue weighted by molar-refractivity contribution is 5.94. The first-order chi connectivity index (χ1) is 11.9. The fourth-order valence-corrected chi connectivity index (χ4v) is 2.07. The van der Waals surface area contributed by atoms with Crippen molar-refractivity contribution in [1.29, 1.82) is 0 Å². The maximum Gasteiger partial charge on any atom is 0.416 e. The molecule has 0 aromatic heterocycles. The van der Waals surface area contributed by atoms with Gasteiger partial charge in [0.25, 0.3) is 5.91 Å². The van der Waals surface area contributed by atoms with Crippen LogP contribution in [0.15, 0.2) is 29.3 Å². The van der Waals surface area contributed by atoms with E-state index in [2.05, 4.69) is 27.9 Å². The van der Waals surface area contributed by atoms with Crippen molar-refractivity contribution < 1.29 is 18.0 Å². The molecule has 0 saturated heterocycles. The minimum atomic E-state index is -4.40. The summed E-state index contributed by atoms with van der Waals surface area (Å²) >= 11 is 0. The molecule has 5 nitrogen and oxygen atoms in total. The Hall–Kier alpha value is -2.25. The minimum absolute atomic E-state index is 0.190. The van der Waals surface area contributed by atoms with Crippen LogP contribution in [0.1, 0.15) is 42.1 Å². The molecule has 0 atom stereocenters. The van der Waals surface area contributed by atoms with Crippen LogP contribution in [-0.2, 0) is 6.18 Å². The first-order valence-electron chi connectivity index (χ1n) is 8.28. The van der Waals surface area contributed by atoms with Crippen LogP contribution >= 0.6 is 0 Å². The van der Waals surface area contributed by atoms with Crippen LogP contribution in [0.2, 0.25) is 0 Å². The van der Waals surface area contributed by atoms with Gasteiger partial charge in [0, 0.05) is 32.2 Å². The molecule has 0 aliphatic carbocycles. The lowest BCUT2D eigenvalue weighted by Crippen LogP contribution is -2.41. The summed E-state index contributed by atoms with van der Waals surface area (Å²) in [5.41, 5.74) is -0.585. The van der Waals surface area contributed by atoms with Crippen LogP contribution < -0.4 is 16.0 Å². The lowest BCUT2D eigenvalue weighted by atomic mass is 10.1. The third-order valence-electron chi connectivity index (χ3n) is 3.47. The number of carbonyl (C=O) groups excluding carboxylic acids is 1. The number of guanidine groups is 1. The van der Waals surface area contributed by atoms with Gasteiger partial charge in [-0.3, -0.25) is 9.79 Å². The predicted molar refractivity (Wildman–Crippen MR) is 92.7 cm³/mol. The molecule has 0 aliphatic heterocycles. The maximum absolute atomic E-state index is 12.5. The molecule has 0 aliphatic rings. The molecular weight excluding hydrogens is 333 g/mol. The van der Waals surface area contributed by atoms with E-state index >= 15 is 0 Å². The van der Waals surface area contributed by atoms with Gasteiger partial charge in [0.1, 0.15) is 0 Å². The lowest BCUT2D eigenvalue weighted by molar-refractivity contribution is -0.137. The largest absolute Gasteiger partial charge is 0.416 e. The van der Waals surface area contributed by atoms with Gasteiger partial charge < -0.3 is 16.0 Å². The number of amides is 1. The van der Waals surface area contributed by atoms with Gasteiger partial charge in [-0.15, -0.1) is 0 Å². The van der Waals surface area contributed by atoms with Crippen LogP contribution in [-0.4, -0.2) is 38.5 Å². The SMILES string of the molecule is CCCCCNC(=NC)NCCNC(=O)c1ccc(C(F)(F)F)cc1. The second-order valence-electron chi connectivity index (χ2n) is 5.46. The number of alkyl halides is 3. The Bertz CT molecular complexity index is 556. The Kier molecular flexibility index (Phi) is 8.80. The number of unbranched alkanes of at least 4 members (excludes halogenated alkanes) is 2. The highest BCUT2D eigenvalue weighted by Crippen LogP contribution is 2.28. The summed E-state index contributed by atoms with van der Waals surface area (Å²) < 4.78 is 37.5. The number of nitrogens with one attached hydrogen (secondary N) is 3. The van der Waals surface area contributed by atoms with Gasteiger partial charge in [-0.2, -0.15) is 13.2 Å². The number of hydrogen-bond donors (Lipinski definition) is 3. The summed E-state index contributed by atoms with van der Waals surface area (Å²) in [6, 6.07) is 4.13. The smallest absolute Gasteiger partial charge is 0.356 e. The molecule has 0 heterocycles. The third-order valence-corrected chi connectivity index (χ3v) is 3.47. The van der Waals surface area contributed by atoms with Crippen molar-refractivity contribution in [1.82, 2.24) is 16.0 Å². The van der Waals surface area contributed by atoms with E-state index in [-0.39, 0.29) is 5.56 Å². The van der Waals surface area contributed by atoms with Gasteiger partial charge in [-0.25, -0.2) is 0 Å². The van der Waals surface area contributed by atoms with Gasteiger partial charge in [0.15, 0.2) is 5.96 Å². The molecule has 0 unspecified atom stereocenters. The Morgan fingerprint density at radius 3 is 2.16 bits per heavy atom. The first kappa shape index (κ1) is 20.8. The molecule has 8 heteroatoms. The number of hydrogen-bond acceptors (Lipinski definition) is 2. The molecule has 140 valence electrons. The molecular formula is C17H25F3N4O. The van der Waals surface area contributed by atoms with Crippen molar-refractivity contribution >= 4 is 11.9 Å². The van der Waals surface area contributed by atoms with Crippen LogP contribution in [0, 0.1) is 0 Å². The molecule has 25 heavy (non-hydrogen) atoms. The van der Waals surface area contributed by atoms with Crippen LogP contribution in [0.3, 0.4) is 0 Å². The van der Waals surface area contributed by atoms with E-state index in [4.69, 9.17) is 0 Å². The monoisotopic (exact) mass is 358 g/mol. The quantitative estimate of drug-likeness (QED) is 0.380. The van der Waals surface area contributed by atoms with E-state index in [0.717, 1.165) is 37.9 Å². The van der Waals surface area contributed by atoms with Crippen molar-refractivity contribution in [3.8, 4) is 0 Å². The predicted octanol–water partition coefficient (Wildman–Crippen LogP) is 2.79. The maximum atomic E-state index is 12.5. The molecule has 1 amide bonds. The summed E-state index contributed by atoms with van der Waals surface area (Å²) in [6.07, 6.45) is -1.06. The zero-order valence-corrected chi connectivity index (χ0v) is 14.5. The molecule has 1 aromatic rings. The molecule has 1 aromatic carbocycles.